The van der Waals surface area contributed by atoms with E-state index in [4.69, 9.17) is 0 Å². The zero-order valence-electron chi connectivity index (χ0n) is 25.3. The average molecular weight is 588 g/mol. The largest absolute Gasteiger partial charge is 0.353 e. The van der Waals surface area contributed by atoms with Gasteiger partial charge in [-0.1, -0.05) is 18.2 Å². The summed E-state index contributed by atoms with van der Waals surface area (Å²) in [5, 5.41) is 13.2. The van der Waals surface area contributed by atoms with Gasteiger partial charge in [0, 0.05) is 46.0 Å². The van der Waals surface area contributed by atoms with Gasteiger partial charge in [0.1, 0.15) is 5.82 Å². The van der Waals surface area contributed by atoms with Crippen LogP contribution in [0.3, 0.4) is 0 Å². The molecule has 44 heavy (non-hydrogen) atoms. The molecule has 1 aliphatic rings. The van der Waals surface area contributed by atoms with Crippen molar-refractivity contribution < 1.29 is 4.39 Å². The van der Waals surface area contributed by atoms with Crippen molar-refractivity contribution in [3.63, 3.8) is 0 Å². The van der Waals surface area contributed by atoms with Crippen LogP contribution in [-0.2, 0) is 12.8 Å². The molecular formula is C36H38FN7. The van der Waals surface area contributed by atoms with Crippen molar-refractivity contribution in [2.45, 2.75) is 32.1 Å². The normalized spacial score (nSPS) is 14.3. The van der Waals surface area contributed by atoms with Gasteiger partial charge in [0.15, 0.2) is 5.65 Å². The van der Waals surface area contributed by atoms with Crippen molar-refractivity contribution in [2.75, 3.05) is 33.7 Å². The lowest BCUT2D eigenvalue weighted by molar-refractivity contribution is 0.372. The van der Waals surface area contributed by atoms with Gasteiger partial charge in [-0.3, -0.25) is 10.1 Å². The smallest absolute Gasteiger partial charge is 0.181 e. The van der Waals surface area contributed by atoms with Crippen molar-refractivity contribution in [1.82, 2.24) is 35.4 Å². The van der Waals surface area contributed by atoms with Gasteiger partial charge in [-0.2, -0.15) is 5.10 Å². The Balaban J connectivity index is 1.21. The highest BCUT2D eigenvalue weighted by Crippen LogP contribution is 2.35. The van der Waals surface area contributed by atoms with E-state index < -0.39 is 0 Å². The van der Waals surface area contributed by atoms with E-state index in [9.17, 15) is 4.39 Å². The number of hydrogen-bond donors (Lipinski definition) is 3. The molecule has 1 saturated heterocycles. The summed E-state index contributed by atoms with van der Waals surface area (Å²) in [5.41, 5.74) is 9.67. The molecule has 224 valence electrons. The number of fused-ring (bicyclic) bond motifs is 2. The van der Waals surface area contributed by atoms with E-state index in [1.807, 2.05) is 24.7 Å². The van der Waals surface area contributed by atoms with Crippen LogP contribution in [0.1, 0.15) is 30.4 Å². The number of aryl methyl sites for hydroxylation is 1. The molecule has 2 aromatic carbocycles. The number of nitrogens with one attached hydrogen (secondary N) is 3. The molecule has 5 heterocycles. The summed E-state index contributed by atoms with van der Waals surface area (Å²) >= 11 is 0. The van der Waals surface area contributed by atoms with Gasteiger partial charge in [-0.05, 0) is 130 Å². The number of pyridine rings is 2. The fraction of sp³-hybridized carbons (Fsp3) is 0.306. The van der Waals surface area contributed by atoms with Gasteiger partial charge in [0.05, 0.1) is 11.4 Å². The van der Waals surface area contributed by atoms with Crippen LogP contribution in [0.4, 0.5) is 4.39 Å². The maximum Gasteiger partial charge on any atom is 0.181 e. The molecule has 0 spiro atoms. The van der Waals surface area contributed by atoms with Gasteiger partial charge in [0.25, 0.3) is 0 Å². The first-order chi connectivity index (χ1) is 21.5. The fourth-order valence-corrected chi connectivity index (χ4v) is 6.53. The van der Waals surface area contributed by atoms with Crippen molar-refractivity contribution >= 4 is 21.9 Å². The van der Waals surface area contributed by atoms with E-state index >= 15 is 0 Å². The lowest BCUT2D eigenvalue weighted by Gasteiger charge is -2.22. The molecule has 1 fully saturated rings. The molecule has 4 aromatic heterocycles. The molecule has 3 N–H and O–H groups in total. The van der Waals surface area contributed by atoms with Crippen molar-refractivity contribution in [1.29, 1.82) is 0 Å². The Kier molecular flexibility index (Phi) is 7.93. The maximum absolute atomic E-state index is 14.8. The average Bonchev–Trinajstić information content (AvgIpc) is 3.65. The van der Waals surface area contributed by atoms with E-state index in [1.54, 1.807) is 12.1 Å². The molecular weight excluding hydrogens is 549 g/mol. The highest BCUT2D eigenvalue weighted by Gasteiger charge is 2.17. The van der Waals surface area contributed by atoms with Gasteiger partial charge < -0.3 is 15.2 Å². The minimum Gasteiger partial charge on any atom is -0.353 e. The molecule has 7 rings (SSSR count). The summed E-state index contributed by atoms with van der Waals surface area (Å²) in [6.07, 6.45) is 11.1. The summed E-state index contributed by atoms with van der Waals surface area (Å²) < 4.78 is 14.8. The van der Waals surface area contributed by atoms with E-state index in [0.717, 1.165) is 94.4 Å². The van der Waals surface area contributed by atoms with Crippen LogP contribution in [0.2, 0.25) is 0 Å². The van der Waals surface area contributed by atoms with Crippen LogP contribution < -0.4 is 5.32 Å². The molecule has 0 unspecified atom stereocenters. The second kappa shape index (κ2) is 12.3. The number of halogens is 1. The molecule has 8 heteroatoms. The maximum atomic E-state index is 14.8. The Morgan fingerprint density at radius 2 is 1.73 bits per heavy atom. The monoisotopic (exact) mass is 587 g/mol. The Labute approximate surface area is 256 Å². The molecule has 0 saturated carbocycles. The number of hydrogen-bond acceptors (Lipinski definition) is 5. The molecule has 7 nitrogen and oxygen atoms in total. The molecule has 0 aliphatic carbocycles. The summed E-state index contributed by atoms with van der Waals surface area (Å²) in [6.45, 7) is 3.16. The fourth-order valence-electron chi connectivity index (χ4n) is 6.53. The number of H-pyrrole nitrogens is 2. The second-order valence-corrected chi connectivity index (χ2v) is 12.4. The van der Waals surface area contributed by atoms with E-state index in [1.165, 1.54) is 18.4 Å². The first-order valence-corrected chi connectivity index (χ1v) is 15.6. The Morgan fingerprint density at radius 3 is 2.59 bits per heavy atom. The summed E-state index contributed by atoms with van der Waals surface area (Å²) in [4.78, 5) is 15.0. The van der Waals surface area contributed by atoms with E-state index in [2.05, 4.69) is 85.9 Å². The van der Waals surface area contributed by atoms with Gasteiger partial charge in [0.2, 0.25) is 0 Å². The number of aromatic nitrogens is 5. The van der Waals surface area contributed by atoms with Crippen LogP contribution in [0.5, 0.6) is 0 Å². The molecule has 0 atom stereocenters. The third-order valence-electron chi connectivity index (χ3n) is 8.79. The van der Waals surface area contributed by atoms with Crippen molar-refractivity contribution in [2.24, 2.45) is 5.92 Å². The van der Waals surface area contributed by atoms with Gasteiger partial charge in [-0.15, -0.1) is 0 Å². The van der Waals surface area contributed by atoms with Gasteiger partial charge >= 0.3 is 0 Å². The molecule has 0 radical (unpaired) electrons. The first-order valence-electron chi connectivity index (χ1n) is 15.6. The molecule has 6 aromatic rings. The topological polar surface area (TPSA) is 85.5 Å². The zero-order chi connectivity index (χ0) is 30.0. The SMILES string of the molecule is CN(C)CCCc1cc(F)cc(-c2cccc3[nH]c(-c4[nH]nc5ncc(-c6cncc(CC7CCNCC7)c6)cc45)cc23)c1. The van der Waals surface area contributed by atoms with Crippen LogP contribution in [0.15, 0.2) is 73.2 Å². The standard InChI is InChI=1S/C36H38FN7/c1-44(2)12-4-5-24-14-26(17-29(37)16-24)30-6-3-7-33-31(30)19-34(41-33)35-32-18-28(22-40-36(32)43-42-35)27-15-25(20-39-21-27)13-23-8-10-38-11-9-23/h3,6-7,14-23,38,41H,4-5,8-13H2,1-2H3,(H,40,42,43). The van der Waals surface area contributed by atoms with Crippen molar-refractivity contribution in [3.05, 3.63) is 90.1 Å². The summed E-state index contributed by atoms with van der Waals surface area (Å²) in [7, 11) is 4.12. The highest BCUT2D eigenvalue weighted by molar-refractivity contribution is 6.01. The van der Waals surface area contributed by atoms with Gasteiger partial charge in [-0.25, -0.2) is 9.37 Å². The van der Waals surface area contributed by atoms with E-state index in [-0.39, 0.29) is 5.82 Å². The minimum absolute atomic E-state index is 0.206. The molecule has 1 aliphatic heterocycles. The van der Waals surface area contributed by atoms with Crippen LogP contribution >= 0.6 is 0 Å². The van der Waals surface area contributed by atoms with Crippen LogP contribution in [0, 0.1) is 11.7 Å². The first kappa shape index (κ1) is 28.4. The predicted molar refractivity (Wildman–Crippen MR) is 176 cm³/mol. The Morgan fingerprint density at radius 1 is 0.886 bits per heavy atom. The molecule has 0 amide bonds. The lowest BCUT2D eigenvalue weighted by atomic mass is 9.91. The Bertz CT molecular complexity index is 1920. The third kappa shape index (κ3) is 6.00. The zero-order valence-corrected chi connectivity index (χ0v) is 25.3. The predicted octanol–water partition coefficient (Wildman–Crippen LogP) is 7.01. The number of aromatic amines is 2. The number of nitrogens with zero attached hydrogens (tertiary/aromatic N) is 4. The summed E-state index contributed by atoms with van der Waals surface area (Å²) in [5.74, 6) is 0.492. The third-order valence-corrected chi connectivity index (χ3v) is 8.79. The quantitative estimate of drug-likeness (QED) is 0.169. The second-order valence-electron chi connectivity index (χ2n) is 12.4. The number of piperidine rings is 1. The summed E-state index contributed by atoms with van der Waals surface area (Å²) in [6, 6.07) is 18.1. The number of rotatable bonds is 9. The highest BCUT2D eigenvalue weighted by atomic mass is 19.1. The minimum atomic E-state index is -0.206. The van der Waals surface area contributed by atoms with E-state index in [0.29, 0.717) is 11.6 Å². The lowest BCUT2D eigenvalue weighted by Crippen LogP contribution is -2.28. The van der Waals surface area contributed by atoms with Crippen molar-refractivity contribution in [3.8, 4) is 33.6 Å². The van der Waals surface area contributed by atoms with Crippen LogP contribution in [-0.4, -0.2) is 63.8 Å². The Hall–Kier alpha value is -4.40. The number of benzene rings is 2. The van der Waals surface area contributed by atoms with Crippen LogP contribution in [0.25, 0.3) is 55.6 Å². The molecule has 0 bridgehead atoms.